The van der Waals surface area contributed by atoms with Crippen LogP contribution in [0, 0.1) is 5.92 Å². The number of hydrogen-bond acceptors (Lipinski definition) is 2. The normalized spacial score (nSPS) is 30.6. The van der Waals surface area contributed by atoms with Gasteiger partial charge in [0.2, 0.25) is 0 Å². The zero-order valence-corrected chi connectivity index (χ0v) is 12.6. The van der Waals surface area contributed by atoms with E-state index in [1.54, 1.807) is 0 Å². The molecule has 2 N–H and O–H groups in total. The van der Waals surface area contributed by atoms with Gasteiger partial charge in [-0.2, -0.15) is 0 Å². The minimum Gasteiger partial charge on any atom is -0.370 e. The van der Waals surface area contributed by atoms with Crippen molar-refractivity contribution in [2.75, 3.05) is 32.7 Å². The lowest BCUT2D eigenvalue weighted by molar-refractivity contribution is 0.161. The summed E-state index contributed by atoms with van der Waals surface area (Å²) in [4.78, 5) is 9.51. The first-order valence-electron chi connectivity index (χ1n) is 7.99. The van der Waals surface area contributed by atoms with E-state index >= 15 is 0 Å². The third-order valence-electron chi connectivity index (χ3n) is 4.60. The molecule has 0 amide bonds. The zero-order valence-electron chi connectivity index (χ0n) is 12.6. The largest absolute Gasteiger partial charge is 0.370 e. The van der Waals surface area contributed by atoms with Gasteiger partial charge in [-0.15, -0.1) is 0 Å². The summed E-state index contributed by atoms with van der Waals surface area (Å²) in [5, 5.41) is 0. The number of nitrogens with two attached hydrogens (primary N) is 1. The van der Waals surface area contributed by atoms with Gasteiger partial charge in [0.05, 0.1) is 6.54 Å². The summed E-state index contributed by atoms with van der Waals surface area (Å²) in [6, 6.07) is 0.611. The van der Waals surface area contributed by atoms with Crippen LogP contribution >= 0.6 is 0 Å². The van der Waals surface area contributed by atoms with Gasteiger partial charge in [0.1, 0.15) is 0 Å². The highest BCUT2D eigenvalue weighted by atomic mass is 15.3. The topological polar surface area (TPSA) is 44.9 Å². The molecule has 2 fully saturated rings. The molecule has 0 aromatic heterocycles. The molecule has 2 rings (SSSR count). The number of piperidine rings is 2. The van der Waals surface area contributed by atoms with E-state index in [0.717, 1.165) is 38.1 Å². The molecule has 2 aliphatic heterocycles. The summed E-state index contributed by atoms with van der Waals surface area (Å²) in [6.07, 6.45) is 6.55. The Kier molecular flexibility index (Phi) is 5.49. The van der Waals surface area contributed by atoms with E-state index in [-0.39, 0.29) is 0 Å². The van der Waals surface area contributed by atoms with Gasteiger partial charge >= 0.3 is 0 Å². The van der Waals surface area contributed by atoms with Crippen molar-refractivity contribution < 1.29 is 0 Å². The molecule has 0 bridgehead atoms. The molecule has 0 saturated carbocycles. The quantitative estimate of drug-likeness (QED) is 0.627. The Hall–Kier alpha value is -0.770. The predicted octanol–water partition coefficient (Wildman–Crippen LogP) is 1.91. The number of likely N-dealkylation sites (N-methyl/N-ethyl adjacent to an activating group) is 1. The Labute approximate surface area is 118 Å². The molecule has 19 heavy (non-hydrogen) atoms. The second-order valence-electron chi connectivity index (χ2n) is 6.17. The lowest BCUT2D eigenvalue weighted by Crippen LogP contribution is -2.45. The van der Waals surface area contributed by atoms with Crippen LogP contribution in [-0.2, 0) is 0 Å². The molecule has 2 aliphatic rings. The van der Waals surface area contributed by atoms with Gasteiger partial charge < -0.3 is 10.6 Å². The van der Waals surface area contributed by atoms with Crippen LogP contribution in [0.1, 0.15) is 46.0 Å². The molecule has 0 aliphatic carbocycles. The fourth-order valence-electron chi connectivity index (χ4n) is 3.38. The minimum absolute atomic E-state index is 0.611. The molecule has 0 radical (unpaired) electrons. The van der Waals surface area contributed by atoms with Crippen LogP contribution in [0.3, 0.4) is 0 Å². The molecule has 0 aromatic rings. The Balaban J connectivity index is 1.85. The van der Waals surface area contributed by atoms with Crippen molar-refractivity contribution in [1.82, 2.24) is 9.80 Å². The van der Waals surface area contributed by atoms with E-state index in [4.69, 9.17) is 5.73 Å². The highest BCUT2D eigenvalue weighted by molar-refractivity contribution is 5.78. The average Bonchev–Trinajstić information content (AvgIpc) is 2.45. The first-order chi connectivity index (χ1) is 9.20. The Morgan fingerprint density at radius 1 is 1.21 bits per heavy atom. The molecular formula is C15H30N4. The van der Waals surface area contributed by atoms with Crippen LogP contribution in [0.15, 0.2) is 4.99 Å². The smallest absolute Gasteiger partial charge is 0.191 e. The first-order valence-corrected chi connectivity index (χ1v) is 7.99. The lowest BCUT2D eigenvalue weighted by Gasteiger charge is -2.35. The van der Waals surface area contributed by atoms with Crippen molar-refractivity contribution in [3.63, 3.8) is 0 Å². The van der Waals surface area contributed by atoms with Gasteiger partial charge in [0.15, 0.2) is 5.96 Å². The highest BCUT2D eigenvalue weighted by Crippen LogP contribution is 2.18. The molecule has 2 saturated heterocycles. The maximum atomic E-state index is 6.17. The number of aliphatic imine (C=N–C) groups is 1. The number of rotatable bonds is 3. The van der Waals surface area contributed by atoms with Gasteiger partial charge in [-0.3, -0.25) is 9.89 Å². The average molecular weight is 266 g/mol. The van der Waals surface area contributed by atoms with Crippen LogP contribution < -0.4 is 5.73 Å². The summed E-state index contributed by atoms with van der Waals surface area (Å²) < 4.78 is 0. The maximum absolute atomic E-state index is 6.17. The van der Waals surface area contributed by atoms with Crippen molar-refractivity contribution in [2.45, 2.75) is 52.0 Å². The molecule has 4 nitrogen and oxygen atoms in total. The molecule has 110 valence electrons. The Morgan fingerprint density at radius 2 is 2.05 bits per heavy atom. The molecule has 4 heteroatoms. The van der Waals surface area contributed by atoms with Crippen molar-refractivity contribution in [2.24, 2.45) is 16.6 Å². The summed E-state index contributed by atoms with van der Waals surface area (Å²) >= 11 is 0. The van der Waals surface area contributed by atoms with Gasteiger partial charge in [0.25, 0.3) is 0 Å². The van der Waals surface area contributed by atoms with E-state index in [1.165, 1.54) is 38.6 Å². The number of nitrogens with zero attached hydrogens (tertiary/aromatic N) is 3. The summed E-state index contributed by atoms with van der Waals surface area (Å²) in [7, 11) is 0. The summed E-state index contributed by atoms with van der Waals surface area (Å²) in [6.45, 7) is 9.97. The molecule has 0 aromatic carbocycles. The molecule has 2 atom stereocenters. The van der Waals surface area contributed by atoms with Crippen LogP contribution in [0.4, 0.5) is 0 Å². The standard InChI is InChI=1S/C15H30N4/c1-3-18-9-5-4-8-14(18)11-17-15(16)19-10-6-7-13(2)12-19/h13-14H,3-12H2,1-2H3,(H2,16,17). The van der Waals surface area contributed by atoms with Gasteiger partial charge in [-0.25, -0.2) is 0 Å². The molecule has 2 unspecified atom stereocenters. The number of guanidine groups is 1. The van der Waals surface area contributed by atoms with E-state index in [9.17, 15) is 0 Å². The van der Waals surface area contributed by atoms with Crippen molar-refractivity contribution in [3.05, 3.63) is 0 Å². The maximum Gasteiger partial charge on any atom is 0.191 e. The van der Waals surface area contributed by atoms with Gasteiger partial charge in [-0.1, -0.05) is 20.3 Å². The Morgan fingerprint density at radius 3 is 2.79 bits per heavy atom. The SMILES string of the molecule is CCN1CCCCC1CN=C(N)N1CCCC(C)C1. The molecule has 2 heterocycles. The number of likely N-dealkylation sites (tertiary alicyclic amines) is 2. The second-order valence-corrected chi connectivity index (χ2v) is 6.17. The van der Waals surface area contributed by atoms with Gasteiger partial charge in [-0.05, 0) is 44.7 Å². The van der Waals surface area contributed by atoms with Crippen molar-refractivity contribution in [1.29, 1.82) is 0 Å². The van der Waals surface area contributed by atoms with Crippen LogP contribution in [0.5, 0.6) is 0 Å². The fourth-order valence-corrected chi connectivity index (χ4v) is 3.38. The van der Waals surface area contributed by atoms with E-state index in [2.05, 4.69) is 28.6 Å². The minimum atomic E-state index is 0.611. The monoisotopic (exact) mass is 266 g/mol. The summed E-state index contributed by atoms with van der Waals surface area (Å²) in [5.41, 5.74) is 6.17. The third-order valence-corrected chi connectivity index (χ3v) is 4.60. The van der Waals surface area contributed by atoms with Gasteiger partial charge in [0, 0.05) is 19.1 Å². The lowest BCUT2D eigenvalue weighted by atomic mass is 10.0. The van der Waals surface area contributed by atoms with E-state index < -0.39 is 0 Å². The first kappa shape index (κ1) is 14.6. The van der Waals surface area contributed by atoms with Crippen molar-refractivity contribution in [3.8, 4) is 0 Å². The Bertz CT molecular complexity index is 303. The zero-order chi connectivity index (χ0) is 13.7. The number of hydrogen-bond donors (Lipinski definition) is 1. The second kappa shape index (κ2) is 7.13. The molecular weight excluding hydrogens is 236 g/mol. The van der Waals surface area contributed by atoms with Crippen molar-refractivity contribution >= 4 is 5.96 Å². The highest BCUT2D eigenvalue weighted by Gasteiger charge is 2.22. The molecule has 0 spiro atoms. The van der Waals surface area contributed by atoms with E-state index in [1.807, 2.05) is 0 Å². The van der Waals surface area contributed by atoms with E-state index in [0.29, 0.717) is 6.04 Å². The van der Waals surface area contributed by atoms with Crippen LogP contribution in [-0.4, -0.2) is 54.5 Å². The third kappa shape index (κ3) is 4.10. The van der Waals surface area contributed by atoms with Crippen LogP contribution in [0.25, 0.3) is 0 Å². The van der Waals surface area contributed by atoms with Crippen LogP contribution in [0.2, 0.25) is 0 Å². The summed E-state index contributed by atoms with van der Waals surface area (Å²) in [5.74, 6) is 1.53. The predicted molar refractivity (Wildman–Crippen MR) is 81.3 cm³/mol. The fraction of sp³-hybridized carbons (Fsp3) is 0.933.